The van der Waals surface area contributed by atoms with Gasteiger partial charge in [0.2, 0.25) is 0 Å². The summed E-state index contributed by atoms with van der Waals surface area (Å²) < 4.78 is 10.3. The van der Waals surface area contributed by atoms with Crippen LogP contribution in [0.3, 0.4) is 0 Å². The predicted octanol–water partition coefficient (Wildman–Crippen LogP) is 2.11. The van der Waals surface area contributed by atoms with E-state index in [9.17, 15) is 14.4 Å². The van der Waals surface area contributed by atoms with E-state index in [4.69, 9.17) is 21.1 Å². The molecular weight excluding hydrogens is 398 g/mol. The highest BCUT2D eigenvalue weighted by Crippen LogP contribution is 2.32. The average molecular weight is 424 g/mol. The summed E-state index contributed by atoms with van der Waals surface area (Å²) in [7, 11) is 3.00. The lowest BCUT2D eigenvalue weighted by atomic mass is 9.92. The highest BCUT2D eigenvalue weighted by atomic mass is 35.5. The lowest BCUT2D eigenvalue weighted by Crippen LogP contribution is -2.44. The highest BCUT2D eigenvalue weighted by Gasteiger charge is 2.50. The van der Waals surface area contributed by atoms with Crippen LogP contribution in [0.1, 0.15) is 24.2 Å². The molecule has 8 nitrogen and oxygen atoms in total. The smallest absolute Gasteiger partial charge is 0.327 e. The molecule has 0 radical (unpaired) electrons. The number of benzene rings is 1. The summed E-state index contributed by atoms with van der Waals surface area (Å²) in [5, 5.41) is 0.464. The molecule has 2 aliphatic rings. The van der Waals surface area contributed by atoms with Gasteiger partial charge in [-0.15, -0.1) is 0 Å². The maximum absolute atomic E-state index is 13.3. The van der Waals surface area contributed by atoms with Crippen LogP contribution >= 0.6 is 11.6 Å². The van der Waals surface area contributed by atoms with Crippen molar-refractivity contribution in [1.82, 2.24) is 14.7 Å². The Kier molecular flexibility index (Phi) is 6.05. The van der Waals surface area contributed by atoms with Gasteiger partial charge in [-0.25, -0.2) is 4.79 Å². The minimum atomic E-state index is -0.705. The summed E-state index contributed by atoms with van der Waals surface area (Å²) in [6.07, 6.45) is 0. The van der Waals surface area contributed by atoms with Gasteiger partial charge in [-0.3, -0.25) is 14.5 Å². The van der Waals surface area contributed by atoms with Gasteiger partial charge in [-0.05, 0) is 18.2 Å². The third-order valence-electron chi connectivity index (χ3n) is 5.21. The molecule has 29 heavy (non-hydrogen) atoms. The molecule has 0 aliphatic carbocycles. The molecule has 1 aromatic rings. The summed E-state index contributed by atoms with van der Waals surface area (Å²) in [5.74, 6) is -0.188. The zero-order valence-electron chi connectivity index (χ0n) is 17.1. The maximum Gasteiger partial charge on any atom is 0.327 e. The summed E-state index contributed by atoms with van der Waals surface area (Å²) >= 11 is 6.01. The van der Waals surface area contributed by atoms with Crippen molar-refractivity contribution in [1.29, 1.82) is 0 Å². The Labute approximate surface area is 175 Å². The van der Waals surface area contributed by atoms with Gasteiger partial charge in [0.05, 0.1) is 32.4 Å². The van der Waals surface area contributed by atoms with E-state index in [0.29, 0.717) is 29.4 Å². The number of amides is 4. The second kappa shape index (κ2) is 8.20. The fourth-order valence-electron chi connectivity index (χ4n) is 3.91. The summed E-state index contributed by atoms with van der Waals surface area (Å²) in [6.45, 7) is 5.33. The Morgan fingerprint density at radius 3 is 2.62 bits per heavy atom. The number of carbonyl (C=O) groups excluding carboxylic acids is 3. The van der Waals surface area contributed by atoms with E-state index in [0.717, 1.165) is 0 Å². The minimum Gasteiger partial charge on any atom is -0.496 e. The quantitative estimate of drug-likeness (QED) is 0.678. The largest absolute Gasteiger partial charge is 0.496 e. The van der Waals surface area contributed by atoms with Crippen molar-refractivity contribution >= 4 is 29.4 Å². The van der Waals surface area contributed by atoms with Gasteiger partial charge in [0.1, 0.15) is 11.8 Å². The number of rotatable bonds is 5. The van der Waals surface area contributed by atoms with Crippen LogP contribution in [0.15, 0.2) is 18.2 Å². The number of ether oxygens (including phenoxy) is 2. The molecule has 1 aromatic carbocycles. The van der Waals surface area contributed by atoms with E-state index < -0.39 is 11.5 Å². The summed E-state index contributed by atoms with van der Waals surface area (Å²) in [5.41, 5.74) is -0.0220. The lowest BCUT2D eigenvalue weighted by molar-refractivity contribution is -0.128. The van der Waals surface area contributed by atoms with Crippen LogP contribution in [0.5, 0.6) is 5.75 Å². The van der Waals surface area contributed by atoms with Gasteiger partial charge in [0.25, 0.3) is 11.8 Å². The fraction of sp³-hybridized carbons (Fsp3) is 0.550. The van der Waals surface area contributed by atoms with Crippen molar-refractivity contribution in [3.8, 4) is 5.75 Å². The molecule has 1 atom stereocenters. The molecular formula is C20H26ClN3O5. The molecule has 0 N–H and O–H groups in total. The van der Waals surface area contributed by atoms with Crippen LogP contribution in [-0.2, 0) is 9.53 Å². The highest BCUT2D eigenvalue weighted by molar-refractivity contribution is 6.30. The summed E-state index contributed by atoms with van der Waals surface area (Å²) in [6, 6.07) is 3.79. The van der Waals surface area contributed by atoms with Gasteiger partial charge in [-0.1, -0.05) is 25.4 Å². The van der Waals surface area contributed by atoms with E-state index >= 15 is 0 Å². The standard InChI is InChI=1S/C20H26ClN3O5/c1-20(2)11-22(17(25)14-6-5-13(21)9-16(14)29-4)10-15-18(26)23(7-8-28-3)19(27)24(15)12-20/h5-6,9,15H,7-8,10-12H2,1-4H3. The van der Waals surface area contributed by atoms with Crippen LogP contribution in [0.4, 0.5) is 4.79 Å². The normalized spacial score (nSPS) is 21.3. The average Bonchev–Trinajstić information content (AvgIpc) is 2.80. The number of hydrogen-bond donors (Lipinski definition) is 0. The number of carbonyl (C=O) groups is 3. The fourth-order valence-corrected chi connectivity index (χ4v) is 4.07. The van der Waals surface area contributed by atoms with Crippen molar-refractivity contribution in [2.45, 2.75) is 19.9 Å². The van der Waals surface area contributed by atoms with Gasteiger partial charge >= 0.3 is 6.03 Å². The molecule has 2 heterocycles. The van der Waals surface area contributed by atoms with Crippen LogP contribution in [0, 0.1) is 5.41 Å². The van der Waals surface area contributed by atoms with E-state index in [1.807, 2.05) is 13.8 Å². The van der Waals surface area contributed by atoms with Gasteiger partial charge < -0.3 is 19.3 Å². The van der Waals surface area contributed by atoms with Gasteiger partial charge in [-0.2, -0.15) is 0 Å². The molecule has 0 saturated carbocycles. The number of hydrogen-bond acceptors (Lipinski definition) is 5. The molecule has 158 valence electrons. The first-order valence-electron chi connectivity index (χ1n) is 9.42. The van der Waals surface area contributed by atoms with Crippen molar-refractivity contribution in [2.24, 2.45) is 5.41 Å². The van der Waals surface area contributed by atoms with Crippen LogP contribution in [0.25, 0.3) is 0 Å². The Bertz CT molecular complexity index is 828. The first-order chi connectivity index (χ1) is 13.7. The van der Waals surface area contributed by atoms with Crippen molar-refractivity contribution in [2.75, 3.05) is 47.0 Å². The Balaban J connectivity index is 1.91. The third kappa shape index (κ3) is 4.18. The second-order valence-electron chi connectivity index (χ2n) is 8.10. The minimum absolute atomic E-state index is 0.127. The SMILES string of the molecule is COCCN1C(=O)C2CN(C(=O)c3ccc(Cl)cc3OC)CC(C)(C)CN2C1=O. The molecule has 2 saturated heterocycles. The van der Waals surface area contributed by atoms with Crippen LogP contribution in [-0.4, -0.2) is 85.6 Å². The first-order valence-corrected chi connectivity index (χ1v) is 9.80. The molecule has 0 spiro atoms. The Morgan fingerprint density at radius 1 is 1.24 bits per heavy atom. The zero-order chi connectivity index (χ0) is 21.3. The monoisotopic (exact) mass is 423 g/mol. The number of halogens is 1. The number of fused-ring (bicyclic) bond motifs is 1. The third-order valence-corrected chi connectivity index (χ3v) is 5.45. The van der Waals surface area contributed by atoms with Crippen LogP contribution < -0.4 is 4.74 Å². The molecule has 1 unspecified atom stereocenters. The lowest BCUT2D eigenvalue weighted by Gasteiger charge is -2.31. The van der Waals surface area contributed by atoms with Gasteiger partial charge in [0, 0.05) is 30.6 Å². The zero-order valence-corrected chi connectivity index (χ0v) is 17.9. The summed E-state index contributed by atoms with van der Waals surface area (Å²) in [4.78, 5) is 43.5. The number of urea groups is 1. The van der Waals surface area contributed by atoms with Crippen molar-refractivity contribution in [3.63, 3.8) is 0 Å². The molecule has 9 heteroatoms. The molecule has 4 amide bonds. The van der Waals surface area contributed by atoms with Crippen molar-refractivity contribution in [3.05, 3.63) is 28.8 Å². The van der Waals surface area contributed by atoms with E-state index in [2.05, 4.69) is 0 Å². The van der Waals surface area contributed by atoms with Crippen molar-refractivity contribution < 1.29 is 23.9 Å². The van der Waals surface area contributed by atoms with E-state index in [1.165, 1.54) is 19.1 Å². The first kappa shape index (κ1) is 21.4. The van der Waals surface area contributed by atoms with E-state index in [1.54, 1.807) is 28.0 Å². The number of imide groups is 1. The molecule has 0 aromatic heterocycles. The number of nitrogens with zero attached hydrogens (tertiary/aromatic N) is 3. The maximum atomic E-state index is 13.3. The molecule has 3 rings (SSSR count). The topological polar surface area (TPSA) is 79.4 Å². The predicted molar refractivity (Wildman–Crippen MR) is 107 cm³/mol. The van der Waals surface area contributed by atoms with Gasteiger partial charge in [0.15, 0.2) is 0 Å². The number of methoxy groups -OCH3 is 2. The Hall–Kier alpha value is -2.32. The van der Waals surface area contributed by atoms with Crippen LogP contribution in [0.2, 0.25) is 5.02 Å². The Morgan fingerprint density at radius 2 is 1.97 bits per heavy atom. The second-order valence-corrected chi connectivity index (χ2v) is 8.54. The van der Waals surface area contributed by atoms with E-state index in [-0.39, 0.29) is 37.5 Å². The molecule has 2 aliphatic heterocycles. The molecule has 0 bridgehead atoms. The molecule has 2 fully saturated rings.